The van der Waals surface area contributed by atoms with E-state index in [0.717, 1.165) is 77.2 Å². The predicted molar refractivity (Wildman–Crippen MR) is 172 cm³/mol. The first-order valence-electron chi connectivity index (χ1n) is 14.9. The number of rotatable bonds is 6. The second kappa shape index (κ2) is 11.7. The Labute approximate surface area is 255 Å². The molecule has 1 aliphatic heterocycles. The van der Waals surface area contributed by atoms with Crippen molar-refractivity contribution in [2.75, 3.05) is 18.4 Å². The van der Waals surface area contributed by atoms with Crippen LogP contribution in [0.1, 0.15) is 29.7 Å². The number of fused-ring (bicyclic) bond motifs is 3. The van der Waals surface area contributed by atoms with Crippen LogP contribution in [0.5, 0.6) is 0 Å². The van der Waals surface area contributed by atoms with E-state index in [1.54, 1.807) is 18.2 Å². The third-order valence-corrected chi connectivity index (χ3v) is 8.32. The summed E-state index contributed by atoms with van der Waals surface area (Å²) in [5.41, 5.74) is 9.01. The summed E-state index contributed by atoms with van der Waals surface area (Å²) in [6.07, 6.45) is 3.48. The summed E-state index contributed by atoms with van der Waals surface area (Å²) in [6.45, 7) is 4.51. The Morgan fingerprint density at radius 1 is 0.955 bits per heavy atom. The molecule has 3 aromatic heterocycles. The number of aromatic nitrogens is 4. The SMILES string of the molecule is Cc1cc2ncc3cc(-c4ccccc4)c(-c4ccc(CN5CCC(C(=O)Nc6cccc(C#N)c6)CC5)cc4)nc3n2n1. The number of hydrogen-bond acceptors (Lipinski definition) is 6. The monoisotopic (exact) mass is 577 g/mol. The molecule has 8 heteroatoms. The van der Waals surface area contributed by atoms with E-state index >= 15 is 0 Å². The summed E-state index contributed by atoms with van der Waals surface area (Å²) < 4.78 is 1.82. The van der Waals surface area contributed by atoms with Gasteiger partial charge in [-0.15, -0.1) is 0 Å². The van der Waals surface area contributed by atoms with Gasteiger partial charge in [0.2, 0.25) is 5.91 Å². The van der Waals surface area contributed by atoms with Gasteiger partial charge in [-0.1, -0.05) is 60.7 Å². The highest BCUT2D eigenvalue weighted by atomic mass is 16.1. The first-order chi connectivity index (χ1) is 21.5. The van der Waals surface area contributed by atoms with Crippen molar-refractivity contribution in [3.8, 4) is 28.5 Å². The van der Waals surface area contributed by atoms with Crippen molar-refractivity contribution in [2.24, 2.45) is 5.92 Å². The highest BCUT2D eigenvalue weighted by Crippen LogP contribution is 2.34. The van der Waals surface area contributed by atoms with Gasteiger partial charge in [0.25, 0.3) is 0 Å². The van der Waals surface area contributed by atoms with Gasteiger partial charge in [-0.3, -0.25) is 9.69 Å². The van der Waals surface area contributed by atoms with Crippen LogP contribution in [-0.4, -0.2) is 43.5 Å². The zero-order valence-electron chi connectivity index (χ0n) is 24.4. The number of anilines is 1. The molecule has 8 nitrogen and oxygen atoms in total. The fourth-order valence-electron chi connectivity index (χ4n) is 6.00. The first kappa shape index (κ1) is 27.4. The molecule has 4 heterocycles. The standard InChI is InChI=1S/C36H31N7O/c1-24-18-33-38-22-30-20-32(27-7-3-2-4-8-27)34(40-35(30)43(33)41-24)28-12-10-25(11-13-28)23-42-16-14-29(15-17-42)36(44)39-31-9-5-6-26(19-31)21-37/h2-13,18-20,22,29H,14-17,23H2,1H3,(H,39,44). The van der Waals surface area contributed by atoms with Crippen LogP contribution >= 0.6 is 0 Å². The van der Waals surface area contributed by atoms with Gasteiger partial charge in [-0.25, -0.2) is 9.97 Å². The lowest BCUT2D eigenvalue weighted by molar-refractivity contribution is -0.121. The largest absolute Gasteiger partial charge is 0.326 e. The van der Waals surface area contributed by atoms with Gasteiger partial charge in [0, 0.05) is 46.9 Å². The first-order valence-corrected chi connectivity index (χ1v) is 14.9. The molecule has 6 aromatic rings. The number of carbonyl (C=O) groups is 1. The fraction of sp³-hybridized carbons (Fsp3) is 0.194. The summed E-state index contributed by atoms with van der Waals surface area (Å²) in [5, 5.41) is 17.7. The van der Waals surface area contributed by atoms with E-state index in [9.17, 15) is 4.79 Å². The minimum atomic E-state index is -0.0324. The van der Waals surface area contributed by atoms with Crippen molar-refractivity contribution in [3.05, 3.63) is 114 Å². The summed E-state index contributed by atoms with van der Waals surface area (Å²) in [6, 6.07) is 32.3. The Balaban J connectivity index is 1.08. The van der Waals surface area contributed by atoms with E-state index in [0.29, 0.717) is 11.3 Å². The topological polar surface area (TPSA) is 99.2 Å². The smallest absolute Gasteiger partial charge is 0.227 e. The van der Waals surface area contributed by atoms with Crippen molar-refractivity contribution >= 4 is 28.3 Å². The van der Waals surface area contributed by atoms with Crippen molar-refractivity contribution in [3.63, 3.8) is 0 Å². The van der Waals surface area contributed by atoms with Crippen LogP contribution in [0.15, 0.2) is 97.2 Å². The second-order valence-electron chi connectivity index (χ2n) is 11.4. The molecule has 0 spiro atoms. The van der Waals surface area contributed by atoms with E-state index < -0.39 is 0 Å². The van der Waals surface area contributed by atoms with Gasteiger partial charge in [-0.2, -0.15) is 14.9 Å². The molecule has 7 rings (SSSR count). The Hall–Kier alpha value is -5.39. The van der Waals surface area contributed by atoms with Gasteiger partial charge in [-0.05, 0) is 68.2 Å². The van der Waals surface area contributed by atoms with Gasteiger partial charge < -0.3 is 5.32 Å². The summed E-state index contributed by atoms with van der Waals surface area (Å²) in [4.78, 5) is 25.0. The molecule has 0 radical (unpaired) electrons. The quantitative estimate of drug-likeness (QED) is 0.238. The lowest BCUT2D eigenvalue weighted by Gasteiger charge is -2.31. The molecule has 0 bridgehead atoms. The Morgan fingerprint density at radius 2 is 1.75 bits per heavy atom. The van der Waals surface area contributed by atoms with E-state index in [2.05, 4.69) is 68.8 Å². The molecular formula is C36H31N7O. The van der Waals surface area contributed by atoms with Crippen molar-refractivity contribution in [2.45, 2.75) is 26.3 Å². The molecule has 3 aromatic carbocycles. The number of pyridine rings is 1. The van der Waals surface area contributed by atoms with Gasteiger partial charge in [0.05, 0.1) is 23.0 Å². The van der Waals surface area contributed by atoms with Crippen LogP contribution in [-0.2, 0) is 11.3 Å². The van der Waals surface area contributed by atoms with Gasteiger partial charge in [0.15, 0.2) is 11.3 Å². The summed E-state index contributed by atoms with van der Waals surface area (Å²) in [5.74, 6) is -0.00507. The average molecular weight is 578 g/mol. The van der Waals surface area contributed by atoms with Crippen LogP contribution in [0.3, 0.4) is 0 Å². The molecule has 0 saturated carbocycles. The molecular weight excluding hydrogens is 546 g/mol. The molecule has 1 saturated heterocycles. The Bertz CT molecular complexity index is 2020. The molecule has 216 valence electrons. The maximum Gasteiger partial charge on any atom is 0.227 e. The number of aryl methyl sites for hydroxylation is 1. The third-order valence-electron chi connectivity index (χ3n) is 8.32. The highest BCUT2D eigenvalue weighted by molar-refractivity contribution is 5.93. The maximum absolute atomic E-state index is 12.9. The minimum absolute atomic E-state index is 0.0273. The van der Waals surface area contributed by atoms with Crippen LogP contribution in [0.25, 0.3) is 39.1 Å². The van der Waals surface area contributed by atoms with E-state index in [1.165, 1.54) is 5.56 Å². The van der Waals surface area contributed by atoms with E-state index in [4.69, 9.17) is 10.2 Å². The summed E-state index contributed by atoms with van der Waals surface area (Å²) in [7, 11) is 0. The van der Waals surface area contributed by atoms with Crippen molar-refractivity contribution in [1.29, 1.82) is 5.26 Å². The number of nitrogens with one attached hydrogen (secondary N) is 1. The Morgan fingerprint density at radius 3 is 2.52 bits per heavy atom. The highest BCUT2D eigenvalue weighted by Gasteiger charge is 2.25. The zero-order chi connectivity index (χ0) is 30.0. The van der Waals surface area contributed by atoms with Gasteiger partial charge in [0.1, 0.15) is 0 Å². The second-order valence-corrected chi connectivity index (χ2v) is 11.4. The van der Waals surface area contributed by atoms with Crippen LogP contribution in [0, 0.1) is 24.2 Å². The van der Waals surface area contributed by atoms with Gasteiger partial charge >= 0.3 is 0 Å². The van der Waals surface area contributed by atoms with E-state index in [1.807, 2.05) is 48.0 Å². The number of carbonyl (C=O) groups excluding carboxylic acids is 1. The molecule has 1 amide bonds. The van der Waals surface area contributed by atoms with Crippen molar-refractivity contribution in [1.82, 2.24) is 24.5 Å². The predicted octanol–water partition coefficient (Wildman–Crippen LogP) is 6.64. The number of piperidine rings is 1. The summed E-state index contributed by atoms with van der Waals surface area (Å²) >= 11 is 0. The third kappa shape index (κ3) is 5.53. The molecule has 0 atom stereocenters. The molecule has 1 aliphatic rings. The number of benzene rings is 3. The van der Waals surface area contributed by atoms with E-state index in [-0.39, 0.29) is 11.8 Å². The zero-order valence-corrected chi connectivity index (χ0v) is 24.4. The normalized spacial score (nSPS) is 14.1. The fourth-order valence-corrected chi connectivity index (χ4v) is 6.00. The number of nitriles is 1. The Kier molecular flexibility index (Phi) is 7.30. The lowest BCUT2D eigenvalue weighted by Crippen LogP contribution is -2.37. The average Bonchev–Trinajstić information content (AvgIpc) is 3.46. The molecule has 1 fully saturated rings. The maximum atomic E-state index is 12.9. The molecule has 0 unspecified atom stereocenters. The number of likely N-dealkylation sites (tertiary alicyclic amines) is 1. The van der Waals surface area contributed by atoms with Crippen LogP contribution in [0.2, 0.25) is 0 Å². The number of nitrogens with zero attached hydrogens (tertiary/aromatic N) is 6. The van der Waals surface area contributed by atoms with Crippen molar-refractivity contribution < 1.29 is 4.79 Å². The van der Waals surface area contributed by atoms with Crippen LogP contribution in [0.4, 0.5) is 5.69 Å². The number of hydrogen-bond donors (Lipinski definition) is 1. The molecule has 0 aliphatic carbocycles. The number of amides is 1. The molecule has 44 heavy (non-hydrogen) atoms. The minimum Gasteiger partial charge on any atom is -0.326 e. The van der Waals surface area contributed by atoms with Crippen LogP contribution < -0.4 is 5.32 Å². The lowest BCUT2D eigenvalue weighted by atomic mass is 9.95. The molecule has 1 N–H and O–H groups in total.